The fraction of sp³-hybridized carbons (Fsp3) is 0.143. The predicted molar refractivity (Wildman–Crippen MR) is 74.6 cm³/mol. The normalized spacial score (nSPS) is 11.3. The number of ether oxygens (including phenoxy) is 1. The summed E-state index contributed by atoms with van der Waals surface area (Å²) in [5, 5.41) is 2.84. The summed E-state index contributed by atoms with van der Waals surface area (Å²) in [5.41, 5.74) is 0.805. The summed E-state index contributed by atoms with van der Waals surface area (Å²) in [6.45, 7) is 0.147. The molecule has 0 aliphatic heterocycles. The average Bonchev–Trinajstić information content (AvgIpc) is 2.36. The lowest BCUT2D eigenvalue weighted by Crippen LogP contribution is -2.17. The molecule has 7 heteroatoms. The number of alkyl halides is 3. The van der Waals surface area contributed by atoms with Crippen molar-refractivity contribution in [2.45, 2.75) is 12.9 Å². The molecule has 0 unspecified atom stereocenters. The molecule has 2 nitrogen and oxygen atoms in total. The van der Waals surface area contributed by atoms with Crippen molar-refractivity contribution >= 4 is 21.6 Å². The van der Waals surface area contributed by atoms with E-state index in [-0.39, 0.29) is 12.3 Å². The summed E-state index contributed by atoms with van der Waals surface area (Å²) in [6, 6.07) is 9.97. The largest absolute Gasteiger partial charge is 0.573 e. The van der Waals surface area contributed by atoms with Crippen LogP contribution in [0.3, 0.4) is 0 Å². The van der Waals surface area contributed by atoms with Crippen molar-refractivity contribution in [2.75, 3.05) is 5.32 Å². The summed E-state index contributed by atoms with van der Waals surface area (Å²) in [7, 11) is 0. The van der Waals surface area contributed by atoms with E-state index in [0.717, 1.165) is 0 Å². The Bertz CT molecular complexity index is 631. The number of rotatable bonds is 4. The molecule has 0 radical (unpaired) electrons. The maximum atomic E-state index is 13.6. The maximum Gasteiger partial charge on any atom is 0.573 e. The Hall–Kier alpha value is -1.76. The van der Waals surface area contributed by atoms with Gasteiger partial charge in [-0.3, -0.25) is 0 Å². The molecule has 0 atom stereocenters. The lowest BCUT2D eigenvalue weighted by Gasteiger charge is -2.11. The van der Waals surface area contributed by atoms with Crippen LogP contribution >= 0.6 is 15.9 Å². The minimum atomic E-state index is -4.74. The maximum absolute atomic E-state index is 13.6. The summed E-state index contributed by atoms with van der Waals surface area (Å²) < 4.78 is 54.4. The van der Waals surface area contributed by atoms with Crippen LogP contribution in [-0.2, 0) is 6.54 Å². The smallest absolute Gasteiger partial charge is 0.406 e. The van der Waals surface area contributed by atoms with E-state index in [4.69, 9.17) is 0 Å². The summed E-state index contributed by atoms with van der Waals surface area (Å²) in [5.74, 6) is -0.733. The van der Waals surface area contributed by atoms with Crippen LogP contribution < -0.4 is 10.1 Å². The van der Waals surface area contributed by atoms with Gasteiger partial charge in [0.1, 0.15) is 11.6 Å². The van der Waals surface area contributed by atoms with Crippen LogP contribution in [0, 0.1) is 5.82 Å². The molecule has 0 heterocycles. The molecule has 2 aromatic carbocycles. The second kappa shape index (κ2) is 6.34. The first-order valence-corrected chi connectivity index (χ1v) is 6.66. The zero-order chi connectivity index (χ0) is 15.5. The Kier molecular flexibility index (Phi) is 4.72. The first-order chi connectivity index (χ1) is 9.83. The second-order valence-electron chi connectivity index (χ2n) is 4.16. The van der Waals surface area contributed by atoms with E-state index < -0.39 is 12.2 Å². The van der Waals surface area contributed by atoms with Crippen LogP contribution in [0.15, 0.2) is 46.9 Å². The van der Waals surface area contributed by atoms with Crippen molar-refractivity contribution < 1.29 is 22.3 Å². The van der Waals surface area contributed by atoms with E-state index in [0.29, 0.717) is 15.7 Å². The quantitative estimate of drug-likeness (QED) is 0.763. The van der Waals surface area contributed by atoms with E-state index in [1.807, 2.05) is 0 Å². The number of anilines is 1. The van der Waals surface area contributed by atoms with Gasteiger partial charge in [0.05, 0.1) is 0 Å². The highest BCUT2D eigenvalue weighted by Gasteiger charge is 2.31. The van der Waals surface area contributed by atoms with Gasteiger partial charge in [-0.15, -0.1) is 13.2 Å². The van der Waals surface area contributed by atoms with Gasteiger partial charge in [0.25, 0.3) is 0 Å². The van der Waals surface area contributed by atoms with Gasteiger partial charge in [-0.05, 0) is 24.3 Å². The van der Waals surface area contributed by atoms with Crippen molar-refractivity contribution in [1.82, 2.24) is 0 Å². The van der Waals surface area contributed by atoms with Gasteiger partial charge >= 0.3 is 6.36 Å². The van der Waals surface area contributed by atoms with Gasteiger partial charge in [-0.25, -0.2) is 4.39 Å². The molecule has 0 saturated carbocycles. The highest BCUT2D eigenvalue weighted by Crippen LogP contribution is 2.25. The Balaban J connectivity index is 2.05. The van der Waals surface area contributed by atoms with Crippen molar-refractivity contribution in [2.24, 2.45) is 0 Å². The van der Waals surface area contributed by atoms with Crippen LogP contribution in [0.1, 0.15) is 5.56 Å². The highest BCUT2D eigenvalue weighted by molar-refractivity contribution is 9.10. The fourth-order valence-corrected chi connectivity index (χ4v) is 2.00. The number of hydrogen-bond donors (Lipinski definition) is 1. The average molecular weight is 364 g/mol. The Morgan fingerprint density at radius 3 is 2.52 bits per heavy atom. The lowest BCUT2D eigenvalue weighted by molar-refractivity contribution is -0.274. The molecule has 2 rings (SSSR count). The molecule has 0 saturated heterocycles. The van der Waals surface area contributed by atoms with Crippen LogP contribution in [-0.4, -0.2) is 6.36 Å². The number of nitrogens with one attached hydrogen (secondary N) is 1. The third-order valence-electron chi connectivity index (χ3n) is 2.57. The zero-order valence-electron chi connectivity index (χ0n) is 10.5. The standard InChI is InChI=1S/C14H10BrF4NO/c15-10-5-4-9(13(16)6-10)8-20-11-2-1-3-12(7-11)21-14(17,18)19/h1-7,20H,8H2. The van der Waals surface area contributed by atoms with Gasteiger partial charge in [0, 0.05) is 28.3 Å². The Morgan fingerprint density at radius 2 is 1.86 bits per heavy atom. The molecule has 0 aromatic heterocycles. The van der Waals surface area contributed by atoms with Crippen LogP contribution in [0.5, 0.6) is 5.75 Å². The van der Waals surface area contributed by atoms with Crippen LogP contribution in [0.2, 0.25) is 0 Å². The molecule has 0 fully saturated rings. The SMILES string of the molecule is Fc1cc(Br)ccc1CNc1cccc(OC(F)(F)F)c1. The Labute approximate surface area is 126 Å². The molecule has 0 bridgehead atoms. The minimum Gasteiger partial charge on any atom is -0.406 e. The molecular weight excluding hydrogens is 354 g/mol. The molecule has 112 valence electrons. The highest BCUT2D eigenvalue weighted by atomic mass is 79.9. The zero-order valence-corrected chi connectivity index (χ0v) is 12.1. The van der Waals surface area contributed by atoms with Gasteiger partial charge in [-0.2, -0.15) is 0 Å². The fourth-order valence-electron chi connectivity index (χ4n) is 1.67. The molecular formula is C14H10BrF4NO. The topological polar surface area (TPSA) is 21.3 Å². The summed E-state index contributed by atoms with van der Waals surface area (Å²) >= 11 is 3.15. The summed E-state index contributed by atoms with van der Waals surface area (Å²) in [4.78, 5) is 0. The van der Waals surface area contributed by atoms with E-state index in [9.17, 15) is 17.6 Å². The van der Waals surface area contributed by atoms with E-state index in [1.54, 1.807) is 18.2 Å². The first-order valence-electron chi connectivity index (χ1n) is 5.87. The predicted octanol–water partition coefficient (Wildman–Crippen LogP) is 5.10. The summed E-state index contributed by atoms with van der Waals surface area (Å²) in [6.07, 6.45) is -4.74. The Morgan fingerprint density at radius 1 is 1.10 bits per heavy atom. The monoisotopic (exact) mass is 363 g/mol. The molecule has 1 N–H and O–H groups in total. The lowest BCUT2D eigenvalue weighted by atomic mass is 10.2. The number of benzene rings is 2. The van der Waals surface area contributed by atoms with E-state index in [2.05, 4.69) is 26.0 Å². The van der Waals surface area contributed by atoms with Gasteiger partial charge in [0.15, 0.2) is 0 Å². The molecule has 0 aliphatic rings. The van der Waals surface area contributed by atoms with Gasteiger partial charge in [-0.1, -0.05) is 28.1 Å². The van der Waals surface area contributed by atoms with Crippen molar-refractivity contribution in [3.8, 4) is 5.75 Å². The third-order valence-corrected chi connectivity index (χ3v) is 3.06. The molecule has 2 aromatic rings. The first kappa shape index (κ1) is 15.6. The molecule has 0 aliphatic carbocycles. The number of hydrogen-bond acceptors (Lipinski definition) is 2. The second-order valence-corrected chi connectivity index (χ2v) is 5.08. The van der Waals surface area contributed by atoms with Crippen molar-refractivity contribution in [3.05, 3.63) is 58.3 Å². The van der Waals surface area contributed by atoms with Crippen molar-refractivity contribution in [1.29, 1.82) is 0 Å². The minimum absolute atomic E-state index is 0.147. The third kappa shape index (κ3) is 4.93. The van der Waals surface area contributed by atoms with E-state index in [1.165, 1.54) is 24.3 Å². The van der Waals surface area contributed by atoms with E-state index >= 15 is 0 Å². The number of halogens is 5. The molecule has 0 amide bonds. The van der Waals surface area contributed by atoms with Gasteiger partial charge in [0.2, 0.25) is 0 Å². The molecule has 0 spiro atoms. The van der Waals surface area contributed by atoms with Gasteiger partial charge < -0.3 is 10.1 Å². The van der Waals surface area contributed by atoms with Crippen LogP contribution in [0.4, 0.5) is 23.2 Å². The molecule has 21 heavy (non-hydrogen) atoms. The van der Waals surface area contributed by atoms with Crippen molar-refractivity contribution in [3.63, 3.8) is 0 Å². The van der Waals surface area contributed by atoms with Crippen LogP contribution in [0.25, 0.3) is 0 Å².